The highest BCUT2D eigenvalue weighted by atomic mass is 19.1. The Morgan fingerprint density at radius 1 is 1.47 bits per heavy atom. The number of benzene rings is 1. The molecular formula is C12H12FNO. The van der Waals surface area contributed by atoms with Crippen molar-refractivity contribution < 1.29 is 9.13 Å². The van der Waals surface area contributed by atoms with Crippen LogP contribution in [0, 0.1) is 17.1 Å². The molecule has 0 fully saturated rings. The molecule has 0 heterocycles. The van der Waals surface area contributed by atoms with E-state index in [1.807, 2.05) is 6.07 Å². The summed E-state index contributed by atoms with van der Waals surface area (Å²) < 4.78 is 18.2. The Morgan fingerprint density at radius 3 is 2.93 bits per heavy atom. The van der Waals surface area contributed by atoms with Crippen LogP contribution in [0.15, 0.2) is 30.9 Å². The normalized spacial score (nSPS) is 9.60. The highest BCUT2D eigenvalue weighted by Gasteiger charge is 2.00. The van der Waals surface area contributed by atoms with Crippen molar-refractivity contribution in [2.45, 2.75) is 13.0 Å². The zero-order valence-corrected chi connectivity index (χ0v) is 8.37. The molecule has 2 nitrogen and oxygen atoms in total. The molecule has 0 unspecified atom stereocenters. The molecule has 0 radical (unpaired) electrons. The minimum absolute atomic E-state index is 0.317. The van der Waals surface area contributed by atoms with Gasteiger partial charge in [-0.15, -0.1) is 6.58 Å². The topological polar surface area (TPSA) is 33.0 Å². The molecular weight excluding hydrogens is 193 g/mol. The molecule has 0 bridgehead atoms. The van der Waals surface area contributed by atoms with Gasteiger partial charge in [0.25, 0.3) is 0 Å². The van der Waals surface area contributed by atoms with Gasteiger partial charge in [0.2, 0.25) is 0 Å². The predicted octanol–water partition coefficient (Wildman–Crippen LogP) is 2.79. The van der Waals surface area contributed by atoms with Crippen LogP contribution in [-0.4, -0.2) is 6.61 Å². The molecule has 3 heteroatoms. The molecule has 0 aliphatic rings. The highest BCUT2D eigenvalue weighted by Crippen LogP contribution is 2.09. The number of hydrogen-bond donors (Lipinski definition) is 0. The van der Waals surface area contributed by atoms with Crippen molar-refractivity contribution in [1.82, 2.24) is 0 Å². The van der Waals surface area contributed by atoms with E-state index in [-0.39, 0.29) is 0 Å². The van der Waals surface area contributed by atoms with Gasteiger partial charge in [0, 0.05) is 0 Å². The first kappa shape index (κ1) is 11.4. The van der Waals surface area contributed by atoms with Crippen LogP contribution < -0.4 is 0 Å². The van der Waals surface area contributed by atoms with Crippen LogP contribution in [0.4, 0.5) is 4.39 Å². The van der Waals surface area contributed by atoms with Gasteiger partial charge in [-0.1, -0.05) is 6.08 Å². The van der Waals surface area contributed by atoms with Gasteiger partial charge in [0.15, 0.2) is 0 Å². The number of halogens is 1. The van der Waals surface area contributed by atoms with E-state index >= 15 is 0 Å². The van der Waals surface area contributed by atoms with Crippen molar-refractivity contribution in [3.8, 4) is 6.07 Å². The van der Waals surface area contributed by atoms with Crippen LogP contribution in [-0.2, 0) is 11.3 Å². The molecule has 0 aliphatic heterocycles. The monoisotopic (exact) mass is 205 g/mol. The molecule has 78 valence electrons. The fourth-order valence-electron chi connectivity index (χ4n) is 1.15. The molecule has 0 aromatic heterocycles. The van der Waals surface area contributed by atoms with Crippen molar-refractivity contribution in [2.24, 2.45) is 0 Å². The molecule has 1 rings (SSSR count). The second-order valence-corrected chi connectivity index (χ2v) is 3.09. The maximum atomic E-state index is 13.0. The van der Waals surface area contributed by atoms with Crippen molar-refractivity contribution in [3.63, 3.8) is 0 Å². The molecule has 1 aromatic rings. The van der Waals surface area contributed by atoms with Crippen LogP contribution >= 0.6 is 0 Å². The average Bonchev–Trinajstić information content (AvgIpc) is 2.23. The number of rotatable bonds is 5. The van der Waals surface area contributed by atoms with Crippen molar-refractivity contribution in [2.75, 3.05) is 6.61 Å². The van der Waals surface area contributed by atoms with Crippen LogP contribution in [0.1, 0.15) is 17.5 Å². The molecule has 0 saturated carbocycles. The summed E-state index contributed by atoms with van der Waals surface area (Å²) >= 11 is 0. The Hall–Kier alpha value is -1.66. The smallest absolute Gasteiger partial charge is 0.124 e. The van der Waals surface area contributed by atoms with Gasteiger partial charge in [-0.2, -0.15) is 5.26 Å². The van der Waals surface area contributed by atoms with E-state index in [0.717, 1.165) is 6.42 Å². The van der Waals surface area contributed by atoms with E-state index in [1.165, 1.54) is 12.1 Å². The lowest BCUT2D eigenvalue weighted by molar-refractivity contribution is 0.125. The summed E-state index contributed by atoms with van der Waals surface area (Å²) in [5.41, 5.74) is 0.993. The molecule has 1 aromatic carbocycles. The second kappa shape index (κ2) is 5.94. The third kappa shape index (κ3) is 3.92. The van der Waals surface area contributed by atoms with E-state index in [0.29, 0.717) is 24.3 Å². The fraction of sp³-hybridized carbons (Fsp3) is 0.250. The Bertz CT molecular complexity index is 382. The molecule has 0 atom stereocenters. The van der Waals surface area contributed by atoms with Crippen LogP contribution in [0.25, 0.3) is 0 Å². The first-order valence-electron chi connectivity index (χ1n) is 4.64. The van der Waals surface area contributed by atoms with Crippen LogP contribution in [0.3, 0.4) is 0 Å². The van der Waals surface area contributed by atoms with Crippen LogP contribution in [0.5, 0.6) is 0 Å². The maximum absolute atomic E-state index is 13.0. The van der Waals surface area contributed by atoms with Gasteiger partial charge in [-0.05, 0) is 30.2 Å². The minimum atomic E-state index is -0.406. The summed E-state index contributed by atoms with van der Waals surface area (Å²) in [6.07, 6.45) is 2.52. The van der Waals surface area contributed by atoms with E-state index in [9.17, 15) is 4.39 Å². The molecule has 0 amide bonds. The van der Waals surface area contributed by atoms with E-state index in [1.54, 1.807) is 12.1 Å². The van der Waals surface area contributed by atoms with E-state index < -0.39 is 5.82 Å². The number of nitriles is 1. The van der Waals surface area contributed by atoms with Crippen molar-refractivity contribution >= 4 is 0 Å². The summed E-state index contributed by atoms with van der Waals surface area (Å²) in [5, 5.41) is 8.63. The van der Waals surface area contributed by atoms with Gasteiger partial charge >= 0.3 is 0 Å². The quantitative estimate of drug-likeness (QED) is 0.547. The van der Waals surface area contributed by atoms with E-state index in [2.05, 4.69) is 6.58 Å². The van der Waals surface area contributed by atoms with Gasteiger partial charge in [-0.3, -0.25) is 0 Å². The fourth-order valence-corrected chi connectivity index (χ4v) is 1.15. The summed E-state index contributed by atoms with van der Waals surface area (Å²) in [5.74, 6) is -0.406. The molecule has 0 aliphatic carbocycles. The van der Waals surface area contributed by atoms with Crippen molar-refractivity contribution in [3.05, 3.63) is 47.8 Å². The summed E-state index contributed by atoms with van der Waals surface area (Å²) in [7, 11) is 0. The number of hydrogen-bond acceptors (Lipinski definition) is 2. The summed E-state index contributed by atoms with van der Waals surface area (Å²) in [6.45, 7) is 4.44. The minimum Gasteiger partial charge on any atom is -0.376 e. The molecule has 0 N–H and O–H groups in total. The first-order chi connectivity index (χ1) is 7.26. The zero-order valence-electron chi connectivity index (χ0n) is 8.37. The lowest BCUT2D eigenvalue weighted by atomic mass is 10.1. The van der Waals surface area contributed by atoms with E-state index in [4.69, 9.17) is 10.00 Å². The average molecular weight is 205 g/mol. The predicted molar refractivity (Wildman–Crippen MR) is 55.6 cm³/mol. The molecule has 0 spiro atoms. The summed E-state index contributed by atoms with van der Waals surface area (Å²) in [4.78, 5) is 0. The standard InChI is InChI=1S/C12H12FNO/c1-2-3-4-15-9-11-5-10(8-14)6-12(13)7-11/h2,5-7H,1,3-4,9H2. The van der Waals surface area contributed by atoms with Gasteiger partial charge in [-0.25, -0.2) is 4.39 Å². The molecule has 15 heavy (non-hydrogen) atoms. The Kier molecular flexibility index (Phi) is 4.52. The van der Waals surface area contributed by atoms with Crippen molar-refractivity contribution in [1.29, 1.82) is 5.26 Å². The third-order valence-electron chi connectivity index (χ3n) is 1.82. The molecule has 0 saturated heterocycles. The Balaban J connectivity index is 2.57. The Labute approximate surface area is 88.6 Å². The highest BCUT2D eigenvalue weighted by molar-refractivity contribution is 5.33. The third-order valence-corrected chi connectivity index (χ3v) is 1.82. The Morgan fingerprint density at radius 2 is 2.27 bits per heavy atom. The SMILES string of the molecule is C=CCCOCc1cc(F)cc(C#N)c1. The summed E-state index contributed by atoms with van der Waals surface area (Å²) in [6, 6.07) is 6.09. The van der Waals surface area contributed by atoms with Gasteiger partial charge in [0.05, 0.1) is 24.8 Å². The zero-order chi connectivity index (χ0) is 11.1. The number of ether oxygens (including phenoxy) is 1. The second-order valence-electron chi connectivity index (χ2n) is 3.09. The lowest BCUT2D eigenvalue weighted by Gasteiger charge is -2.03. The van der Waals surface area contributed by atoms with Gasteiger partial charge in [0.1, 0.15) is 5.82 Å². The largest absolute Gasteiger partial charge is 0.376 e. The van der Waals surface area contributed by atoms with Gasteiger partial charge < -0.3 is 4.74 Å². The lowest BCUT2D eigenvalue weighted by Crippen LogP contribution is -1.95. The number of nitrogens with zero attached hydrogens (tertiary/aromatic N) is 1. The maximum Gasteiger partial charge on any atom is 0.124 e. The van der Waals surface area contributed by atoms with Crippen LogP contribution in [0.2, 0.25) is 0 Å². The first-order valence-corrected chi connectivity index (χ1v) is 4.64.